The van der Waals surface area contributed by atoms with Crippen LogP contribution in [0.5, 0.6) is 5.75 Å². The second-order valence-electron chi connectivity index (χ2n) is 8.35. The fraction of sp³-hybridized carbons (Fsp3) is 0.455. The fourth-order valence-corrected chi connectivity index (χ4v) is 5.27. The van der Waals surface area contributed by atoms with E-state index < -0.39 is 22.5 Å². The first-order chi connectivity index (χ1) is 13.7. The van der Waals surface area contributed by atoms with Gasteiger partial charge in [-0.05, 0) is 61.7 Å². The normalized spacial score (nSPS) is 28.3. The number of hydrogen-bond acceptors (Lipinski definition) is 5. The summed E-state index contributed by atoms with van der Waals surface area (Å²) in [6, 6.07) is 7.28. The van der Waals surface area contributed by atoms with Crippen LogP contribution < -0.4 is 21.3 Å². The second-order valence-corrected chi connectivity index (χ2v) is 8.35. The number of nitrogens with one attached hydrogen (secondary N) is 2. The molecule has 1 fully saturated rings. The summed E-state index contributed by atoms with van der Waals surface area (Å²) in [4.78, 5) is 26.9. The van der Waals surface area contributed by atoms with Crippen LogP contribution in [-0.4, -0.2) is 41.3 Å². The molecule has 2 heterocycles. The predicted molar refractivity (Wildman–Crippen MR) is 109 cm³/mol. The molecule has 1 amide bonds. The number of aromatic nitrogens is 1. The summed E-state index contributed by atoms with van der Waals surface area (Å²) in [7, 11) is 1.63. The molecule has 4 rings (SSSR count). The zero-order chi connectivity index (χ0) is 21.0. The number of rotatable bonds is 3. The third kappa shape index (κ3) is 2.80. The van der Waals surface area contributed by atoms with Crippen molar-refractivity contribution in [2.75, 3.05) is 13.7 Å². The van der Waals surface area contributed by atoms with Crippen molar-refractivity contribution in [2.24, 2.45) is 5.73 Å². The number of benzene rings is 1. The highest BCUT2D eigenvalue weighted by molar-refractivity contribution is 5.92. The first kappa shape index (κ1) is 19.7. The lowest BCUT2D eigenvalue weighted by atomic mass is 9.53. The number of ether oxygens (including phenoxy) is 1. The number of methoxy groups -OCH3 is 1. The number of pyridine rings is 1. The van der Waals surface area contributed by atoms with Crippen molar-refractivity contribution < 1.29 is 14.6 Å². The van der Waals surface area contributed by atoms with E-state index in [1.54, 1.807) is 7.11 Å². The summed E-state index contributed by atoms with van der Waals surface area (Å²) in [6.45, 7) is 4.76. The molecule has 2 aromatic rings. The van der Waals surface area contributed by atoms with Crippen molar-refractivity contribution in [3.63, 3.8) is 0 Å². The van der Waals surface area contributed by atoms with Crippen LogP contribution in [0.2, 0.25) is 0 Å². The number of piperidine rings is 1. The van der Waals surface area contributed by atoms with Gasteiger partial charge in [0.2, 0.25) is 0 Å². The van der Waals surface area contributed by atoms with Gasteiger partial charge in [0.25, 0.3) is 11.5 Å². The van der Waals surface area contributed by atoms with Gasteiger partial charge in [0, 0.05) is 30.0 Å². The molecule has 7 heteroatoms. The third-order valence-corrected chi connectivity index (χ3v) is 6.93. The number of nitrogens with two attached hydrogens (primary N) is 1. The quantitative estimate of drug-likeness (QED) is 0.615. The lowest BCUT2D eigenvalue weighted by Gasteiger charge is -2.57. The lowest BCUT2D eigenvalue weighted by Crippen LogP contribution is -2.70. The Balaban J connectivity index is 1.96. The molecule has 3 atom stereocenters. The molecule has 0 unspecified atom stereocenters. The standard InChI is InChI=1S/C22H27N3O4/c1-12-4-5-15(29-3)9-17(12)21-6-7-24-13(2)22(21,28)10-14-8-16(19(23)26)20(27)25-18(14)11-21/h4-5,8-9,13,24,28H,6-7,10-11H2,1-3H3,(H2,23,26)(H,25,27)/t13-,21-,22-/m1/s1. The Kier molecular flexibility index (Phi) is 4.55. The molecule has 7 nitrogen and oxygen atoms in total. The van der Waals surface area contributed by atoms with Gasteiger partial charge >= 0.3 is 0 Å². The van der Waals surface area contributed by atoms with Crippen molar-refractivity contribution in [1.82, 2.24) is 10.3 Å². The van der Waals surface area contributed by atoms with Crippen LogP contribution in [0.25, 0.3) is 0 Å². The highest BCUT2D eigenvalue weighted by Crippen LogP contribution is 2.51. The van der Waals surface area contributed by atoms with Gasteiger partial charge in [-0.2, -0.15) is 0 Å². The molecule has 29 heavy (non-hydrogen) atoms. The van der Waals surface area contributed by atoms with Crippen LogP contribution in [0.15, 0.2) is 29.1 Å². The Morgan fingerprint density at radius 3 is 2.76 bits per heavy atom. The van der Waals surface area contributed by atoms with Gasteiger partial charge < -0.3 is 25.9 Å². The smallest absolute Gasteiger partial charge is 0.261 e. The molecule has 0 spiro atoms. The average molecular weight is 397 g/mol. The summed E-state index contributed by atoms with van der Waals surface area (Å²) in [5.74, 6) is -0.0341. The minimum Gasteiger partial charge on any atom is -0.497 e. The molecule has 0 bridgehead atoms. The molecule has 5 N–H and O–H groups in total. The molecule has 154 valence electrons. The molecule has 1 aromatic heterocycles. The van der Waals surface area contributed by atoms with Crippen LogP contribution in [0, 0.1) is 6.92 Å². The zero-order valence-electron chi connectivity index (χ0n) is 17.0. The topological polar surface area (TPSA) is 117 Å². The van der Waals surface area contributed by atoms with Gasteiger partial charge in [-0.25, -0.2) is 0 Å². The highest BCUT2D eigenvalue weighted by Gasteiger charge is 2.59. The van der Waals surface area contributed by atoms with Gasteiger partial charge in [0.05, 0.1) is 12.7 Å². The Morgan fingerprint density at radius 2 is 2.07 bits per heavy atom. The number of carbonyl (C=O) groups is 1. The fourth-order valence-electron chi connectivity index (χ4n) is 5.27. The van der Waals surface area contributed by atoms with E-state index in [1.807, 2.05) is 32.0 Å². The molecular formula is C22H27N3O4. The zero-order valence-corrected chi connectivity index (χ0v) is 17.0. The summed E-state index contributed by atoms with van der Waals surface area (Å²) < 4.78 is 5.46. The van der Waals surface area contributed by atoms with E-state index in [1.165, 1.54) is 6.07 Å². The van der Waals surface area contributed by atoms with Gasteiger partial charge in [0.15, 0.2) is 0 Å². The average Bonchev–Trinajstić information content (AvgIpc) is 2.67. The van der Waals surface area contributed by atoms with E-state index in [-0.39, 0.29) is 11.6 Å². The monoisotopic (exact) mass is 397 g/mol. The Labute approximate surface area is 169 Å². The van der Waals surface area contributed by atoms with E-state index in [4.69, 9.17) is 10.5 Å². The number of hydrogen-bond donors (Lipinski definition) is 4. The highest BCUT2D eigenvalue weighted by atomic mass is 16.5. The Morgan fingerprint density at radius 1 is 1.31 bits per heavy atom. The largest absolute Gasteiger partial charge is 0.497 e. The number of H-pyrrole nitrogens is 1. The van der Waals surface area contributed by atoms with E-state index in [0.717, 1.165) is 34.7 Å². The number of fused-ring (bicyclic) bond motifs is 2. The third-order valence-electron chi connectivity index (χ3n) is 6.93. The van der Waals surface area contributed by atoms with E-state index >= 15 is 0 Å². The second kappa shape index (κ2) is 6.71. The van der Waals surface area contributed by atoms with Crippen LogP contribution in [-0.2, 0) is 18.3 Å². The van der Waals surface area contributed by atoms with E-state index in [9.17, 15) is 14.7 Å². The SMILES string of the molecule is COc1ccc(C)c([C@]23CCN[C@H](C)[C@]2(O)Cc2cc(C(N)=O)c(=O)[nH]c2C3)c1. The van der Waals surface area contributed by atoms with Crippen LogP contribution >= 0.6 is 0 Å². The number of aryl methyl sites for hydroxylation is 1. The lowest BCUT2D eigenvalue weighted by molar-refractivity contribution is -0.0944. The predicted octanol–water partition coefficient (Wildman–Crippen LogP) is 0.940. The van der Waals surface area contributed by atoms with E-state index in [0.29, 0.717) is 19.3 Å². The molecule has 1 aliphatic heterocycles. The van der Waals surface area contributed by atoms with Crippen LogP contribution in [0.4, 0.5) is 0 Å². The molecule has 0 saturated carbocycles. The number of aliphatic hydroxyl groups is 1. The van der Waals surface area contributed by atoms with Crippen molar-refractivity contribution in [1.29, 1.82) is 0 Å². The van der Waals surface area contributed by atoms with Crippen molar-refractivity contribution in [3.05, 3.63) is 62.6 Å². The van der Waals surface area contributed by atoms with Crippen molar-refractivity contribution in [2.45, 2.75) is 50.2 Å². The van der Waals surface area contributed by atoms with Gasteiger partial charge in [-0.15, -0.1) is 0 Å². The summed E-state index contributed by atoms with van der Waals surface area (Å²) >= 11 is 0. The summed E-state index contributed by atoms with van der Waals surface area (Å²) in [5.41, 5.74) is 6.70. The molecule has 2 aliphatic rings. The minimum absolute atomic E-state index is 0.0752. The van der Waals surface area contributed by atoms with E-state index in [2.05, 4.69) is 10.3 Å². The molecule has 1 aromatic carbocycles. The number of aromatic amines is 1. The summed E-state index contributed by atoms with van der Waals surface area (Å²) in [5, 5.41) is 15.5. The number of carbonyl (C=O) groups excluding carboxylic acids is 1. The number of amides is 1. The van der Waals surface area contributed by atoms with Crippen molar-refractivity contribution >= 4 is 5.91 Å². The first-order valence-corrected chi connectivity index (χ1v) is 9.87. The van der Waals surface area contributed by atoms with Gasteiger partial charge in [0.1, 0.15) is 11.3 Å². The molecular weight excluding hydrogens is 370 g/mol. The molecule has 1 saturated heterocycles. The molecule has 0 radical (unpaired) electrons. The van der Waals surface area contributed by atoms with Gasteiger partial charge in [-0.3, -0.25) is 9.59 Å². The van der Waals surface area contributed by atoms with Crippen molar-refractivity contribution in [3.8, 4) is 5.75 Å². The van der Waals surface area contributed by atoms with Crippen LogP contribution in [0.3, 0.4) is 0 Å². The maximum Gasteiger partial charge on any atom is 0.261 e. The van der Waals surface area contributed by atoms with Gasteiger partial charge in [-0.1, -0.05) is 6.07 Å². The Hall–Kier alpha value is -2.64. The number of primary amides is 1. The minimum atomic E-state index is -1.11. The first-order valence-electron chi connectivity index (χ1n) is 9.87. The summed E-state index contributed by atoms with van der Waals surface area (Å²) in [6.07, 6.45) is 1.48. The maximum absolute atomic E-state index is 12.4. The maximum atomic E-state index is 12.4. The molecule has 1 aliphatic carbocycles. The Bertz CT molecular complexity index is 1050. The van der Waals surface area contributed by atoms with Crippen LogP contribution in [0.1, 0.15) is 46.1 Å².